The van der Waals surface area contributed by atoms with Crippen molar-refractivity contribution >= 4 is 17.7 Å². The molecule has 0 aliphatic carbocycles. The number of nitrogens with zero attached hydrogens (tertiary/aromatic N) is 1. The van der Waals surface area contributed by atoms with Crippen molar-refractivity contribution in [3.8, 4) is 0 Å². The Balaban J connectivity index is 2.84. The molecule has 0 bridgehead atoms. The Kier molecular flexibility index (Phi) is 3.90. The fraction of sp³-hybridized carbons (Fsp3) is 0.923. The predicted molar refractivity (Wildman–Crippen MR) is 75.2 cm³/mol. The van der Waals surface area contributed by atoms with Crippen LogP contribution in [-0.4, -0.2) is 39.9 Å². The molecule has 1 amide bonds. The van der Waals surface area contributed by atoms with E-state index in [1.807, 2.05) is 44.4 Å². The van der Waals surface area contributed by atoms with Gasteiger partial charge in [-0.3, -0.25) is 4.79 Å². The molecular weight excluding hydrogens is 232 g/mol. The van der Waals surface area contributed by atoms with Crippen LogP contribution in [0.25, 0.3) is 0 Å². The monoisotopic (exact) mass is 258 g/mol. The standard InChI is InChI=1S/C13H26N2OS/c1-11(2)9-15(7-8-17-11)10(16)12(3,4)13(5,6)14/h7-9,14H2,1-6H3. The van der Waals surface area contributed by atoms with E-state index in [4.69, 9.17) is 5.73 Å². The van der Waals surface area contributed by atoms with Gasteiger partial charge in [-0.1, -0.05) is 0 Å². The smallest absolute Gasteiger partial charge is 0.230 e. The molecule has 3 nitrogen and oxygen atoms in total. The van der Waals surface area contributed by atoms with Crippen LogP contribution in [0.1, 0.15) is 41.5 Å². The van der Waals surface area contributed by atoms with Crippen LogP contribution in [0.5, 0.6) is 0 Å². The van der Waals surface area contributed by atoms with Gasteiger partial charge in [0.25, 0.3) is 0 Å². The Morgan fingerprint density at radius 3 is 2.24 bits per heavy atom. The summed E-state index contributed by atoms with van der Waals surface area (Å²) in [5, 5.41) is 0. The summed E-state index contributed by atoms with van der Waals surface area (Å²) >= 11 is 1.93. The van der Waals surface area contributed by atoms with Gasteiger partial charge in [0.1, 0.15) is 0 Å². The van der Waals surface area contributed by atoms with Crippen molar-refractivity contribution < 1.29 is 4.79 Å². The molecule has 0 atom stereocenters. The number of carbonyl (C=O) groups excluding carboxylic acids is 1. The predicted octanol–water partition coefficient (Wildman–Crippen LogP) is 2.10. The normalized spacial score (nSPS) is 21.5. The van der Waals surface area contributed by atoms with Gasteiger partial charge in [0.05, 0.1) is 5.41 Å². The maximum absolute atomic E-state index is 12.6. The van der Waals surface area contributed by atoms with Crippen molar-refractivity contribution in [2.75, 3.05) is 18.8 Å². The van der Waals surface area contributed by atoms with Crippen molar-refractivity contribution in [1.82, 2.24) is 4.90 Å². The third kappa shape index (κ3) is 3.16. The van der Waals surface area contributed by atoms with Crippen LogP contribution in [-0.2, 0) is 4.79 Å². The first-order chi connectivity index (χ1) is 7.47. The van der Waals surface area contributed by atoms with Crippen LogP contribution in [0, 0.1) is 5.41 Å². The molecule has 17 heavy (non-hydrogen) atoms. The minimum absolute atomic E-state index is 0.155. The van der Waals surface area contributed by atoms with Gasteiger partial charge in [-0.25, -0.2) is 0 Å². The van der Waals surface area contributed by atoms with Crippen LogP contribution in [0.2, 0.25) is 0 Å². The second-order valence-electron chi connectivity index (χ2n) is 6.68. The summed E-state index contributed by atoms with van der Waals surface area (Å²) in [5.74, 6) is 1.19. The van der Waals surface area contributed by atoms with Gasteiger partial charge in [0, 0.05) is 29.1 Å². The third-order valence-corrected chi connectivity index (χ3v) is 5.16. The number of rotatable bonds is 2. The number of hydrogen-bond donors (Lipinski definition) is 1. The maximum Gasteiger partial charge on any atom is 0.230 e. The molecule has 2 N–H and O–H groups in total. The molecule has 1 aliphatic rings. The average molecular weight is 258 g/mol. The first-order valence-electron chi connectivity index (χ1n) is 6.20. The highest BCUT2D eigenvalue weighted by atomic mass is 32.2. The van der Waals surface area contributed by atoms with Gasteiger partial charge >= 0.3 is 0 Å². The van der Waals surface area contributed by atoms with Crippen molar-refractivity contribution in [2.45, 2.75) is 51.8 Å². The summed E-state index contributed by atoms with van der Waals surface area (Å²) < 4.78 is 0.155. The van der Waals surface area contributed by atoms with E-state index in [9.17, 15) is 4.79 Å². The number of thioether (sulfide) groups is 1. The van der Waals surface area contributed by atoms with E-state index in [-0.39, 0.29) is 10.7 Å². The van der Waals surface area contributed by atoms with E-state index in [1.54, 1.807) is 0 Å². The van der Waals surface area contributed by atoms with Crippen LogP contribution in [0.15, 0.2) is 0 Å². The zero-order valence-electron chi connectivity index (χ0n) is 12.0. The van der Waals surface area contributed by atoms with Crippen LogP contribution >= 0.6 is 11.8 Å². The molecule has 1 heterocycles. The molecular formula is C13H26N2OS. The molecule has 0 saturated carbocycles. The number of nitrogens with two attached hydrogens (primary N) is 1. The van der Waals surface area contributed by atoms with E-state index in [0.717, 1.165) is 18.8 Å². The van der Waals surface area contributed by atoms with Crippen LogP contribution < -0.4 is 5.73 Å². The molecule has 0 unspecified atom stereocenters. The summed E-state index contributed by atoms with van der Waals surface area (Å²) in [6, 6.07) is 0. The molecule has 100 valence electrons. The highest BCUT2D eigenvalue weighted by molar-refractivity contribution is 8.00. The summed E-state index contributed by atoms with van der Waals surface area (Å²) in [6.07, 6.45) is 0. The Hall–Kier alpha value is -0.220. The van der Waals surface area contributed by atoms with Gasteiger partial charge < -0.3 is 10.6 Å². The Labute approximate surface area is 109 Å². The Morgan fingerprint density at radius 2 is 1.82 bits per heavy atom. The van der Waals surface area contributed by atoms with E-state index < -0.39 is 11.0 Å². The van der Waals surface area contributed by atoms with Crippen LogP contribution in [0.3, 0.4) is 0 Å². The first kappa shape index (κ1) is 14.8. The molecule has 1 fully saturated rings. The SMILES string of the molecule is CC1(C)CN(C(=O)C(C)(C)C(C)(C)N)CCS1. The Morgan fingerprint density at radius 1 is 1.29 bits per heavy atom. The fourth-order valence-corrected chi connectivity index (χ4v) is 2.97. The van der Waals surface area contributed by atoms with E-state index in [2.05, 4.69) is 13.8 Å². The second-order valence-corrected chi connectivity index (χ2v) is 8.48. The summed E-state index contributed by atoms with van der Waals surface area (Å²) in [7, 11) is 0. The minimum Gasteiger partial charge on any atom is -0.340 e. The Bertz CT molecular complexity index is 305. The van der Waals surface area contributed by atoms with E-state index >= 15 is 0 Å². The molecule has 1 saturated heterocycles. The molecule has 0 aromatic rings. The number of amides is 1. The van der Waals surface area contributed by atoms with Crippen molar-refractivity contribution in [1.29, 1.82) is 0 Å². The highest BCUT2D eigenvalue weighted by Crippen LogP contribution is 2.35. The molecule has 1 aliphatic heterocycles. The summed E-state index contributed by atoms with van der Waals surface area (Å²) in [6.45, 7) is 13.8. The van der Waals surface area contributed by atoms with E-state index in [0.29, 0.717) is 0 Å². The van der Waals surface area contributed by atoms with E-state index in [1.165, 1.54) is 0 Å². The van der Waals surface area contributed by atoms with Gasteiger partial charge in [0.2, 0.25) is 5.91 Å². The topological polar surface area (TPSA) is 46.3 Å². The third-order valence-electron chi connectivity index (χ3n) is 3.86. The molecule has 0 aromatic carbocycles. The van der Waals surface area contributed by atoms with Gasteiger partial charge in [-0.05, 0) is 41.5 Å². The quantitative estimate of drug-likeness (QED) is 0.825. The largest absolute Gasteiger partial charge is 0.340 e. The molecule has 0 spiro atoms. The average Bonchev–Trinajstić information content (AvgIpc) is 2.13. The van der Waals surface area contributed by atoms with Crippen molar-refractivity contribution in [2.24, 2.45) is 11.1 Å². The lowest BCUT2D eigenvalue weighted by Gasteiger charge is -2.45. The minimum atomic E-state index is -0.523. The number of carbonyl (C=O) groups is 1. The van der Waals surface area contributed by atoms with Crippen molar-refractivity contribution in [3.63, 3.8) is 0 Å². The molecule has 0 radical (unpaired) electrons. The van der Waals surface area contributed by atoms with Gasteiger partial charge in [-0.15, -0.1) is 0 Å². The zero-order valence-corrected chi connectivity index (χ0v) is 12.8. The lowest BCUT2D eigenvalue weighted by atomic mass is 9.74. The van der Waals surface area contributed by atoms with Crippen LogP contribution in [0.4, 0.5) is 0 Å². The number of hydrogen-bond acceptors (Lipinski definition) is 3. The molecule has 1 rings (SSSR count). The molecule has 4 heteroatoms. The summed E-state index contributed by atoms with van der Waals surface area (Å²) in [5.41, 5.74) is 5.11. The highest BCUT2D eigenvalue weighted by Gasteiger charge is 2.44. The maximum atomic E-state index is 12.6. The van der Waals surface area contributed by atoms with Gasteiger partial charge in [0.15, 0.2) is 0 Å². The molecule has 0 aromatic heterocycles. The fourth-order valence-electron chi connectivity index (χ4n) is 1.86. The van der Waals surface area contributed by atoms with Crippen molar-refractivity contribution in [3.05, 3.63) is 0 Å². The summed E-state index contributed by atoms with van der Waals surface area (Å²) in [4.78, 5) is 14.6. The zero-order chi connectivity index (χ0) is 13.5. The lowest BCUT2D eigenvalue weighted by Crippen LogP contribution is -2.59. The second kappa shape index (κ2) is 4.47. The lowest BCUT2D eigenvalue weighted by molar-refractivity contribution is -0.143. The first-order valence-corrected chi connectivity index (χ1v) is 7.18. The van der Waals surface area contributed by atoms with Gasteiger partial charge in [-0.2, -0.15) is 11.8 Å².